The molecule has 5 nitrogen and oxygen atoms in total. The van der Waals surface area contributed by atoms with Gasteiger partial charge < -0.3 is 10.0 Å². The smallest absolute Gasteiger partial charge is 0.408 e. The lowest BCUT2D eigenvalue weighted by molar-refractivity contribution is -0.114. The van der Waals surface area contributed by atoms with Crippen molar-refractivity contribution in [2.24, 2.45) is 5.92 Å². The summed E-state index contributed by atoms with van der Waals surface area (Å²) in [5, 5.41) is 9.70. The standard InChI is InChI=1S/C21H30N2O3/c1-15(2)14-17(23(20(25)26)21(3,4)5)10-11-19(24)22-13-12-16-8-6-7-9-18(16)22/h6-11,15,17H,12-14H2,1-5H3,(H,25,26)/t17-/m1/s1. The van der Waals surface area contributed by atoms with E-state index < -0.39 is 11.6 Å². The summed E-state index contributed by atoms with van der Waals surface area (Å²) in [6.07, 6.45) is 3.85. The number of benzene rings is 1. The Morgan fingerprint density at radius 2 is 1.92 bits per heavy atom. The normalized spacial score (nSPS) is 15.4. The summed E-state index contributed by atoms with van der Waals surface area (Å²) in [5.74, 6) is 0.222. The molecule has 1 atom stereocenters. The van der Waals surface area contributed by atoms with Crippen molar-refractivity contribution in [2.45, 2.75) is 59.0 Å². The number of rotatable bonds is 5. The fourth-order valence-corrected chi connectivity index (χ4v) is 3.53. The first-order chi connectivity index (χ1) is 12.1. The molecule has 0 saturated heterocycles. The minimum Gasteiger partial charge on any atom is -0.465 e. The Balaban J connectivity index is 2.22. The van der Waals surface area contributed by atoms with Gasteiger partial charge in [-0.05, 0) is 51.2 Å². The molecular weight excluding hydrogens is 328 g/mol. The Bertz CT molecular complexity index is 689. The first-order valence-electron chi connectivity index (χ1n) is 9.21. The van der Waals surface area contributed by atoms with Crippen molar-refractivity contribution in [3.05, 3.63) is 42.0 Å². The molecule has 1 aliphatic rings. The highest BCUT2D eigenvalue weighted by Gasteiger charge is 2.32. The molecule has 1 N–H and O–H groups in total. The van der Waals surface area contributed by atoms with Crippen LogP contribution >= 0.6 is 0 Å². The van der Waals surface area contributed by atoms with E-state index >= 15 is 0 Å². The van der Waals surface area contributed by atoms with E-state index in [1.165, 1.54) is 16.5 Å². The largest absolute Gasteiger partial charge is 0.465 e. The van der Waals surface area contributed by atoms with Gasteiger partial charge in [0.15, 0.2) is 0 Å². The van der Waals surface area contributed by atoms with Crippen molar-refractivity contribution in [3.63, 3.8) is 0 Å². The average Bonchev–Trinajstić information content (AvgIpc) is 2.94. The van der Waals surface area contributed by atoms with Gasteiger partial charge in [0.1, 0.15) is 0 Å². The molecule has 0 saturated carbocycles. The van der Waals surface area contributed by atoms with Crippen LogP contribution in [0, 0.1) is 5.92 Å². The predicted molar refractivity (Wildman–Crippen MR) is 104 cm³/mol. The molecule has 0 fully saturated rings. The molecule has 26 heavy (non-hydrogen) atoms. The Morgan fingerprint density at radius 3 is 2.50 bits per heavy atom. The van der Waals surface area contributed by atoms with Crippen molar-refractivity contribution in [3.8, 4) is 0 Å². The van der Waals surface area contributed by atoms with Gasteiger partial charge in [0.05, 0.1) is 6.04 Å². The fourth-order valence-electron chi connectivity index (χ4n) is 3.53. The third-order valence-corrected chi connectivity index (χ3v) is 4.59. The van der Waals surface area contributed by atoms with Gasteiger partial charge in [-0.2, -0.15) is 0 Å². The lowest BCUT2D eigenvalue weighted by Gasteiger charge is -2.39. The Morgan fingerprint density at radius 1 is 1.27 bits per heavy atom. The van der Waals surface area contributed by atoms with Crippen molar-refractivity contribution in [1.29, 1.82) is 0 Å². The van der Waals surface area contributed by atoms with Crippen molar-refractivity contribution < 1.29 is 14.7 Å². The second-order valence-corrected chi connectivity index (χ2v) is 8.25. The molecule has 1 aliphatic heterocycles. The summed E-state index contributed by atoms with van der Waals surface area (Å²) in [6, 6.07) is 7.57. The molecule has 142 valence electrons. The highest BCUT2D eigenvalue weighted by molar-refractivity contribution is 6.02. The van der Waals surface area contributed by atoms with Gasteiger partial charge in [-0.25, -0.2) is 4.79 Å². The van der Waals surface area contributed by atoms with Crippen LogP contribution in [0.5, 0.6) is 0 Å². The Hall–Kier alpha value is -2.30. The maximum absolute atomic E-state index is 12.7. The maximum atomic E-state index is 12.7. The molecule has 2 amide bonds. The highest BCUT2D eigenvalue weighted by Crippen LogP contribution is 2.28. The summed E-state index contributed by atoms with van der Waals surface area (Å²) < 4.78 is 0. The van der Waals surface area contributed by atoms with Crippen molar-refractivity contribution >= 4 is 17.7 Å². The number of carbonyl (C=O) groups is 2. The predicted octanol–water partition coefficient (Wildman–Crippen LogP) is 4.33. The highest BCUT2D eigenvalue weighted by atomic mass is 16.4. The van der Waals surface area contributed by atoms with E-state index in [9.17, 15) is 14.7 Å². The van der Waals surface area contributed by atoms with E-state index in [2.05, 4.69) is 13.8 Å². The third-order valence-electron chi connectivity index (χ3n) is 4.59. The Labute approximate surface area is 156 Å². The van der Waals surface area contributed by atoms with Gasteiger partial charge in [-0.1, -0.05) is 38.1 Å². The van der Waals surface area contributed by atoms with Gasteiger partial charge in [0.2, 0.25) is 0 Å². The molecule has 0 radical (unpaired) electrons. The minimum absolute atomic E-state index is 0.0945. The molecule has 0 aromatic heterocycles. The van der Waals surface area contributed by atoms with Crippen LogP contribution in [0.2, 0.25) is 0 Å². The van der Waals surface area contributed by atoms with Gasteiger partial charge in [-0.15, -0.1) is 0 Å². The monoisotopic (exact) mass is 358 g/mol. The van der Waals surface area contributed by atoms with Crippen LogP contribution in [0.25, 0.3) is 0 Å². The molecule has 1 aromatic rings. The van der Waals surface area contributed by atoms with Crippen molar-refractivity contribution in [1.82, 2.24) is 4.90 Å². The number of nitrogens with zero attached hydrogens (tertiary/aromatic N) is 2. The zero-order valence-electron chi connectivity index (χ0n) is 16.4. The van der Waals surface area contributed by atoms with Crippen LogP contribution in [0.4, 0.5) is 10.5 Å². The third kappa shape index (κ3) is 4.65. The molecule has 1 heterocycles. The zero-order chi connectivity index (χ0) is 19.5. The van der Waals surface area contributed by atoms with Crippen LogP contribution in [0.15, 0.2) is 36.4 Å². The fraction of sp³-hybridized carbons (Fsp3) is 0.524. The molecule has 1 aromatic carbocycles. The zero-order valence-corrected chi connectivity index (χ0v) is 16.4. The van der Waals surface area contributed by atoms with E-state index in [1.807, 2.05) is 45.0 Å². The summed E-state index contributed by atoms with van der Waals surface area (Å²) >= 11 is 0. The van der Waals surface area contributed by atoms with Crippen molar-refractivity contribution in [2.75, 3.05) is 11.4 Å². The maximum Gasteiger partial charge on any atom is 0.408 e. The Kier molecular flexibility index (Phi) is 6.11. The molecule has 0 bridgehead atoms. The number of hydrogen-bond donors (Lipinski definition) is 1. The first-order valence-corrected chi connectivity index (χ1v) is 9.21. The number of carbonyl (C=O) groups excluding carboxylic acids is 1. The van der Waals surface area contributed by atoms with Gasteiger partial charge >= 0.3 is 6.09 Å². The number of amides is 2. The summed E-state index contributed by atoms with van der Waals surface area (Å²) in [7, 11) is 0. The van der Waals surface area contributed by atoms with E-state index in [4.69, 9.17) is 0 Å². The summed E-state index contributed by atoms with van der Waals surface area (Å²) in [4.78, 5) is 27.7. The van der Waals surface area contributed by atoms with Crippen LogP contribution < -0.4 is 4.90 Å². The number of para-hydroxylation sites is 1. The van der Waals surface area contributed by atoms with E-state index in [1.54, 1.807) is 11.0 Å². The van der Waals surface area contributed by atoms with Crippen LogP contribution in [-0.4, -0.2) is 40.1 Å². The number of fused-ring (bicyclic) bond motifs is 1. The average molecular weight is 358 g/mol. The van der Waals surface area contributed by atoms with E-state index in [-0.39, 0.29) is 11.9 Å². The molecule has 2 rings (SSSR count). The number of carboxylic acid groups (broad SMARTS) is 1. The van der Waals surface area contributed by atoms with E-state index in [0.29, 0.717) is 18.9 Å². The number of anilines is 1. The molecular formula is C21H30N2O3. The molecule has 5 heteroatoms. The second kappa shape index (κ2) is 7.94. The quantitative estimate of drug-likeness (QED) is 0.797. The van der Waals surface area contributed by atoms with Gasteiger partial charge in [-0.3, -0.25) is 9.69 Å². The van der Waals surface area contributed by atoms with Gasteiger partial charge in [0, 0.05) is 23.8 Å². The molecule has 0 unspecified atom stereocenters. The summed E-state index contributed by atoms with van der Waals surface area (Å²) in [6.45, 7) is 10.4. The number of hydrogen-bond acceptors (Lipinski definition) is 2. The first kappa shape index (κ1) is 20.0. The van der Waals surface area contributed by atoms with E-state index in [0.717, 1.165) is 12.1 Å². The van der Waals surface area contributed by atoms with Crippen LogP contribution in [0.3, 0.4) is 0 Å². The SMILES string of the molecule is CC(C)C[C@@H](C=CC(=O)N1CCc2ccccc21)N(C(=O)O)C(C)(C)C. The lowest BCUT2D eigenvalue weighted by Crippen LogP contribution is -2.51. The second-order valence-electron chi connectivity index (χ2n) is 8.25. The topological polar surface area (TPSA) is 60.9 Å². The minimum atomic E-state index is -0.966. The van der Waals surface area contributed by atoms with Crippen LogP contribution in [0.1, 0.15) is 46.6 Å². The molecule has 0 aliphatic carbocycles. The summed E-state index contributed by atoms with van der Waals surface area (Å²) in [5.41, 5.74) is 1.59. The van der Waals surface area contributed by atoms with Gasteiger partial charge in [0.25, 0.3) is 5.91 Å². The lowest BCUT2D eigenvalue weighted by atomic mass is 9.96. The molecule has 0 spiro atoms. The van der Waals surface area contributed by atoms with Crippen LogP contribution in [-0.2, 0) is 11.2 Å².